The van der Waals surface area contributed by atoms with E-state index in [4.69, 9.17) is 9.26 Å². The fourth-order valence-electron chi connectivity index (χ4n) is 3.36. The number of nitrogens with one attached hydrogen (secondary N) is 1. The fourth-order valence-corrected chi connectivity index (χ4v) is 3.36. The smallest absolute Gasteiger partial charge is 0.257 e. The van der Waals surface area contributed by atoms with Gasteiger partial charge in [0, 0.05) is 0 Å². The molecule has 1 aromatic heterocycles. The van der Waals surface area contributed by atoms with Crippen LogP contribution in [0.5, 0.6) is 5.75 Å². The molecule has 1 unspecified atom stereocenters. The molecule has 1 amide bonds. The molecule has 5 nitrogen and oxygen atoms in total. The Morgan fingerprint density at radius 1 is 1.46 bits per heavy atom. The summed E-state index contributed by atoms with van der Waals surface area (Å²) in [5.41, 5.74) is 3.66. The third-order valence-electron chi connectivity index (χ3n) is 4.65. The second-order valence-corrected chi connectivity index (χ2v) is 6.22. The Hall–Kier alpha value is -2.30. The number of hydrogen-bond acceptors (Lipinski definition) is 4. The van der Waals surface area contributed by atoms with Gasteiger partial charge in [0.1, 0.15) is 17.6 Å². The molecule has 0 bridgehead atoms. The molecule has 128 valence electrons. The van der Waals surface area contributed by atoms with Crippen LogP contribution < -0.4 is 10.1 Å². The predicted octanol–water partition coefficient (Wildman–Crippen LogP) is 3.83. The molecule has 1 aliphatic carbocycles. The lowest BCUT2D eigenvalue weighted by atomic mass is 9.87. The lowest BCUT2D eigenvalue weighted by Gasteiger charge is -2.27. The van der Waals surface area contributed by atoms with E-state index in [2.05, 4.69) is 23.5 Å². The van der Waals surface area contributed by atoms with E-state index in [0.717, 1.165) is 55.5 Å². The lowest BCUT2D eigenvalue weighted by Crippen LogP contribution is -2.31. The molecule has 3 rings (SSSR count). The first kappa shape index (κ1) is 16.6. The molecule has 1 N–H and O–H groups in total. The second-order valence-electron chi connectivity index (χ2n) is 6.22. The average Bonchev–Trinajstić information content (AvgIpc) is 3.08. The van der Waals surface area contributed by atoms with Crippen LogP contribution >= 0.6 is 0 Å². The number of hydrogen-bond donors (Lipinski definition) is 1. The number of aromatic nitrogens is 1. The highest BCUT2D eigenvalue weighted by Crippen LogP contribution is 2.35. The molecule has 0 radical (unpaired) electrons. The van der Waals surface area contributed by atoms with Crippen molar-refractivity contribution in [1.29, 1.82) is 0 Å². The summed E-state index contributed by atoms with van der Waals surface area (Å²) >= 11 is 0. The van der Waals surface area contributed by atoms with Crippen LogP contribution in [0.2, 0.25) is 0 Å². The Balaban J connectivity index is 1.78. The highest BCUT2D eigenvalue weighted by Gasteiger charge is 2.26. The van der Waals surface area contributed by atoms with Gasteiger partial charge in [0.2, 0.25) is 0 Å². The van der Waals surface area contributed by atoms with Crippen molar-refractivity contribution in [3.05, 3.63) is 46.8 Å². The molecule has 0 saturated carbocycles. The van der Waals surface area contributed by atoms with Gasteiger partial charge >= 0.3 is 0 Å². The van der Waals surface area contributed by atoms with Crippen molar-refractivity contribution >= 4 is 5.91 Å². The number of carbonyl (C=O) groups is 1. The third kappa shape index (κ3) is 3.30. The first-order chi connectivity index (χ1) is 11.7. The maximum absolute atomic E-state index is 12.7. The van der Waals surface area contributed by atoms with Gasteiger partial charge < -0.3 is 14.6 Å². The van der Waals surface area contributed by atoms with Gasteiger partial charge in [-0.25, -0.2) is 0 Å². The molecule has 0 spiro atoms. The fraction of sp³-hybridized carbons (Fsp3) is 0.474. The minimum Gasteiger partial charge on any atom is -0.496 e. The zero-order valence-corrected chi connectivity index (χ0v) is 14.3. The number of unbranched alkanes of at least 4 members (excludes halogenated alkanes) is 1. The van der Waals surface area contributed by atoms with E-state index in [1.165, 1.54) is 11.8 Å². The quantitative estimate of drug-likeness (QED) is 0.875. The first-order valence-electron chi connectivity index (χ1n) is 8.64. The van der Waals surface area contributed by atoms with Crippen LogP contribution in [-0.2, 0) is 12.8 Å². The number of amides is 1. The van der Waals surface area contributed by atoms with E-state index in [-0.39, 0.29) is 11.9 Å². The number of ether oxygens (including phenoxy) is 1. The monoisotopic (exact) mass is 328 g/mol. The van der Waals surface area contributed by atoms with Crippen molar-refractivity contribution in [3.8, 4) is 5.75 Å². The number of rotatable bonds is 6. The standard InChI is InChI=1S/C19H24N2O3/c1-3-4-9-17-15(12-24-21-17)19(22)20-16-10-5-8-14-13(16)7-6-11-18(14)23-2/h6-7,11-12,16H,3-5,8-10H2,1-2H3,(H,20,22). The van der Waals surface area contributed by atoms with Crippen molar-refractivity contribution in [2.75, 3.05) is 7.11 Å². The molecular weight excluding hydrogens is 304 g/mol. The molecule has 0 aliphatic heterocycles. The van der Waals surface area contributed by atoms with E-state index in [0.29, 0.717) is 5.56 Å². The lowest BCUT2D eigenvalue weighted by molar-refractivity contribution is 0.0931. The summed E-state index contributed by atoms with van der Waals surface area (Å²) in [6.07, 6.45) is 7.23. The summed E-state index contributed by atoms with van der Waals surface area (Å²) in [4.78, 5) is 12.7. The molecule has 0 fully saturated rings. The van der Waals surface area contributed by atoms with Crippen molar-refractivity contribution in [3.63, 3.8) is 0 Å². The molecule has 1 heterocycles. The Morgan fingerprint density at radius 2 is 2.33 bits per heavy atom. The third-order valence-corrected chi connectivity index (χ3v) is 4.65. The van der Waals surface area contributed by atoms with Gasteiger partial charge in [0.25, 0.3) is 5.91 Å². The van der Waals surface area contributed by atoms with E-state index in [9.17, 15) is 4.79 Å². The first-order valence-corrected chi connectivity index (χ1v) is 8.64. The minimum atomic E-state index is -0.108. The molecule has 1 aromatic carbocycles. The Morgan fingerprint density at radius 3 is 3.12 bits per heavy atom. The zero-order valence-electron chi connectivity index (χ0n) is 14.3. The summed E-state index contributed by atoms with van der Waals surface area (Å²) in [5.74, 6) is 0.795. The van der Waals surface area contributed by atoms with Crippen LogP contribution in [0.3, 0.4) is 0 Å². The van der Waals surface area contributed by atoms with Crippen LogP contribution in [-0.4, -0.2) is 18.2 Å². The van der Waals surface area contributed by atoms with E-state index >= 15 is 0 Å². The number of fused-ring (bicyclic) bond motifs is 1. The van der Waals surface area contributed by atoms with E-state index in [1.54, 1.807) is 7.11 Å². The van der Waals surface area contributed by atoms with Crippen LogP contribution in [0.4, 0.5) is 0 Å². The summed E-state index contributed by atoms with van der Waals surface area (Å²) in [6, 6.07) is 6.04. The largest absolute Gasteiger partial charge is 0.496 e. The maximum Gasteiger partial charge on any atom is 0.257 e. The summed E-state index contributed by atoms with van der Waals surface area (Å²) < 4.78 is 10.5. The SMILES string of the molecule is CCCCc1nocc1C(=O)NC1CCCc2c(OC)cccc21. The normalized spacial score (nSPS) is 16.5. The number of carbonyl (C=O) groups excluding carboxylic acids is 1. The van der Waals surface area contributed by atoms with Crippen LogP contribution in [0.25, 0.3) is 0 Å². The maximum atomic E-state index is 12.7. The average molecular weight is 328 g/mol. The highest BCUT2D eigenvalue weighted by molar-refractivity contribution is 5.95. The molecule has 1 atom stereocenters. The van der Waals surface area contributed by atoms with E-state index in [1.807, 2.05) is 12.1 Å². The van der Waals surface area contributed by atoms with Gasteiger partial charge in [-0.15, -0.1) is 0 Å². The van der Waals surface area contributed by atoms with Gasteiger partial charge in [0.05, 0.1) is 18.8 Å². The van der Waals surface area contributed by atoms with Gasteiger partial charge in [0.15, 0.2) is 0 Å². The Labute approximate surface area is 142 Å². The molecule has 1 aliphatic rings. The second kappa shape index (κ2) is 7.51. The van der Waals surface area contributed by atoms with Gasteiger partial charge in [-0.3, -0.25) is 4.79 Å². The number of benzene rings is 1. The molecular formula is C19H24N2O3. The molecule has 24 heavy (non-hydrogen) atoms. The summed E-state index contributed by atoms with van der Waals surface area (Å²) in [5, 5.41) is 7.13. The topological polar surface area (TPSA) is 64.4 Å². The van der Waals surface area contributed by atoms with Crippen LogP contribution in [0.15, 0.2) is 29.0 Å². The number of methoxy groups -OCH3 is 1. The van der Waals surface area contributed by atoms with Crippen LogP contribution in [0, 0.1) is 0 Å². The van der Waals surface area contributed by atoms with Crippen molar-refractivity contribution in [2.24, 2.45) is 0 Å². The number of nitrogens with zero attached hydrogens (tertiary/aromatic N) is 1. The molecule has 0 saturated heterocycles. The van der Waals surface area contributed by atoms with Gasteiger partial charge in [-0.2, -0.15) is 0 Å². The van der Waals surface area contributed by atoms with Gasteiger partial charge in [-0.05, 0) is 49.3 Å². The molecule has 2 aromatic rings. The Kier molecular flexibility index (Phi) is 5.18. The molecule has 5 heteroatoms. The van der Waals surface area contributed by atoms with E-state index < -0.39 is 0 Å². The predicted molar refractivity (Wildman–Crippen MR) is 91.3 cm³/mol. The van der Waals surface area contributed by atoms with Crippen molar-refractivity contribution in [1.82, 2.24) is 10.5 Å². The Bertz CT molecular complexity index is 708. The summed E-state index contributed by atoms with van der Waals surface area (Å²) in [7, 11) is 1.69. The minimum absolute atomic E-state index is 0.00488. The summed E-state index contributed by atoms with van der Waals surface area (Å²) in [6.45, 7) is 2.12. The van der Waals surface area contributed by atoms with Crippen LogP contribution in [0.1, 0.15) is 65.8 Å². The zero-order chi connectivity index (χ0) is 16.9. The van der Waals surface area contributed by atoms with Crippen molar-refractivity contribution < 1.29 is 14.1 Å². The number of aryl methyl sites for hydroxylation is 1. The van der Waals surface area contributed by atoms with Crippen molar-refractivity contribution in [2.45, 2.75) is 51.5 Å². The highest BCUT2D eigenvalue weighted by atomic mass is 16.5. The van der Waals surface area contributed by atoms with Gasteiger partial charge in [-0.1, -0.05) is 30.6 Å².